The number of nitrogens with one attached hydrogen (secondary N) is 1. The number of thioether (sulfide) groups is 1. The number of carbonyl (C=O) groups excluding carboxylic acids is 1. The first-order chi connectivity index (χ1) is 14.1. The maximum Gasteiger partial charge on any atom is 0.265 e. The van der Waals surface area contributed by atoms with E-state index < -0.39 is 6.10 Å². The SMILES string of the molecule is CC[C@@H](Oc1ccccc1C)C(=O)Nc1ccc(CSc2ccccc2)cc1C. The Hall–Kier alpha value is -2.72. The van der Waals surface area contributed by atoms with Crippen LogP contribution in [0.1, 0.15) is 30.0 Å². The summed E-state index contributed by atoms with van der Waals surface area (Å²) in [6, 6.07) is 24.3. The number of aryl methyl sites for hydroxylation is 2. The Balaban J connectivity index is 1.62. The van der Waals surface area contributed by atoms with Crippen LogP contribution in [-0.2, 0) is 10.5 Å². The molecular weight excluding hydrogens is 378 g/mol. The molecule has 0 aromatic heterocycles. The van der Waals surface area contributed by atoms with E-state index in [9.17, 15) is 4.79 Å². The van der Waals surface area contributed by atoms with Gasteiger partial charge in [0.2, 0.25) is 0 Å². The third-order valence-corrected chi connectivity index (χ3v) is 5.81. The number of amides is 1. The summed E-state index contributed by atoms with van der Waals surface area (Å²) >= 11 is 1.81. The third kappa shape index (κ3) is 5.88. The Kier molecular flexibility index (Phi) is 7.36. The summed E-state index contributed by atoms with van der Waals surface area (Å²) in [5, 5.41) is 3.03. The van der Waals surface area contributed by atoms with Crippen molar-refractivity contribution in [3.8, 4) is 5.75 Å². The fourth-order valence-electron chi connectivity index (χ4n) is 3.02. The predicted molar refractivity (Wildman–Crippen MR) is 122 cm³/mol. The summed E-state index contributed by atoms with van der Waals surface area (Å²) in [5.74, 6) is 1.53. The molecule has 0 saturated heterocycles. The lowest BCUT2D eigenvalue weighted by Crippen LogP contribution is -2.32. The first-order valence-electron chi connectivity index (χ1n) is 9.87. The Labute approximate surface area is 177 Å². The van der Waals surface area contributed by atoms with Crippen LogP contribution in [-0.4, -0.2) is 12.0 Å². The highest BCUT2D eigenvalue weighted by atomic mass is 32.2. The summed E-state index contributed by atoms with van der Waals surface area (Å²) in [5.41, 5.74) is 4.14. The van der Waals surface area contributed by atoms with Gasteiger partial charge in [0.05, 0.1) is 0 Å². The molecule has 1 amide bonds. The van der Waals surface area contributed by atoms with Gasteiger partial charge >= 0.3 is 0 Å². The number of rotatable bonds is 8. The van der Waals surface area contributed by atoms with Crippen LogP contribution in [0.3, 0.4) is 0 Å². The van der Waals surface area contributed by atoms with Gasteiger partial charge in [0.15, 0.2) is 6.10 Å². The summed E-state index contributed by atoms with van der Waals surface area (Å²) in [6.45, 7) is 5.96. The molecule has 0 fully saturated rings. The van der Waals surface area contributed by atoms with E-state index in [4.69, 9.17) is 4.74 Å². The van der Waals surface area contributed by atoms with Gasteiger partial charge in [0.25, 0.3) is 5.91 Å². The summed E-state index contributed by atoms with van der Waals surface area (Å²) in [4.78, 5) is 14.0. The highest BCUT2D eigenvalue weighted by Crippen LogP contribution is 2.25. The second-order valence-corrected chi connectivity index (χ2v) is 8.07. The molecule has 3 aromatic carbocycles. The minimum atomic E-state index is -0.524. The molecule has 3 aromatic rings. The summed E-state index contributed by atoms with van der Waals surface area (Å²) in [6.07, 6.45) is 0.0779. The van der Waals surface area contributed by atoms with Gasteiger partial charge in [-0.15, -0.1) is 11.8 Å². The number of anilines is 1. The van der Waals surface area contributed by atoms with Crippen LogP contribution in [0, 0.1) is 13.8 Å². The zero-order valence-electron chi connectivity index (χ0n) is 17.1. The van der Waals surface area contributed by atoms with Crippen LogP contribution in [0.2, 0.25) is 0 Å². The van der Waals surface area contributed by atoms with E-state index in [0.717, 1.165) is 28.3 Å². The number of hydrogen-bond donors (Lipinski definition) is 1. The molecule has 1 atom stereocenters. The quantitative estimate of drug-likeness (QED) is 0.441. The molecule has 0 aliphatic heterocycles. The Morgan fingerprint density at radius 3 is 2.38 bits per heavy atom. The largest absolute Gasteiger partial charge is 0.480 e. The molecule has 1 N–H and O–H groups in total. The van der Waals surface area contributed by atoms with Gasteiger partial charge in [0.1, 0.15) is 5.75 Å². The van der Waals surface area contributed by atoms with Crippen molar-refractivity contribution in [2.75, 3.05) is 5.32 Å². The first kappa shape index (κ1) is 21.0. The van der Waals surface area contributed by atoms with Crippen molar-refractivity contribution in [2.45, 2.75) is 43.9 Å². The zero-order valence-corrected chi connectivity index (χ0v) is 18.0. The van der Waals surface area contributed by atoms with E-state index in [1.165, 1.54) is 10.5 Å². The summed E-state index contributed by atoms with van der Waals surface area (Å²) < 4.78 is 5.96. The van der Waals surface area contributed by atoms with E-state index in [-0.39, 0.29) is 5.91 Å². The lowest BCUT2D eigenvalue weighted by atomic mass is 10.1. The fraction of sp³-hybridized carbons (Fsp3) is 0.240. The highest BCUT2D eigenvalue weighted by molar-refractivity contribution is 7.98. The van der Waals surface area contributed by atoms with Gasteiger partial charge in [-0.25, -0.2) is 0 Å². The lowest BCUT2D eigenvalue weighted by molar-refractivity contribution is -0.122. The van der Waals surface area contributed by atoms with Gasteiger partial charge in [-0.3, -0.25) is 4.79 Å². The first-order valence-corrected chi connectivity index (χ1v) is 10.9. The number of ether oxygens (including phenoxy) is 1. The van der Waals surface area contributed by atoms with Crippen LogP contribution in [0.4, 0.5) is 5.69 Å². The van der Waals surface area contributed by atoms with Crippen LogP contribution < -0.4 is 10.1 Å². The van der Waals surface area contributed by atoms with Crippen molar-refractivity contribution in [3.63, 3.8) is 0 Å². The predicted octanol–water partition coefficient (Wildman–Crippen LogP) is 6.39. The highest BCUT2D eigenvalue weighted by Gasteiger charge is 2.20. The minimum absolute atomic E-state index is 0.120. The molecule has 0 unspecified atom stereocenters. The Morgan fingerprint density at radius 2 is 1.69 bits per heavy atom. The van der Waals surface area contributed by atoms with Gasteiger partial charge < -0.3 is 10.1 Å². The molecule has 0 bridgehead atoms. The molecule has 3 rings (SSSR count). The molecule has 0 radical (unpaired) electrons. The Bertz CT molecular complexity index is 956. The second-order valence-electron chi connectivity index (χ2n) is 7.02. The van der Waals surface area contributed by atoms with E-state index >= 15 is 0 Å². The number of carbonyl (C=O) groups is 1. The molecule has 29 heavy (non-hydrogen) atoms. The van der Waals surface area contributed by atoms with Crippen LogP contribution in [0.5, 0.6) is 5.75 Å². The van der Waals surface area contributed by atoms with Gasteiger partial charge in [-0.1, -0.05) is 55.5 Å². The molecular formula is C25H27NO2S. The molecule has 0 aliphatic carbocycles. The third-order valence-electron chi connectivity index (χ3n) is 4.72. The number of hydrogen-bond acceptors (Lipinski definition) is 3. The van der Waals surface area contributed by atoms with E-state index in [2.05, 4.69) is 41.7 Å². The van der Waals surface area contributed by atoms with Crippen molar-refractivity contribution in [1.82, 2.24) is 0 Å². The van der Waals surface area contributed by atoms with Gasteiger partial charge in [-0.2, -0.15) is 0 Å². The van der Waals surface area contributed by atoms with Crippen molar-refractivity contribution < 1.29 is 9.53 Å². The molecule has 0 aliphatic rings. The van der Waals surface area contributed by atoms with E-state index in [1.807, 2.05) is 57.2 Å². The molecule has 0 saturated carbocycles. The molecule has 150 valence electrons. The van der Waals surface area contributed by atoms with Crippen LogP contribution in [0.15, 0.2) is 77.7 Å². The Morgan fingerprint density at radius 1 is 0.966 bits per heavy atom. The van der Waals surface area contributed by atoms with Crippen molar-refractivity contribution in [2.24, 2.45) is 0 Å². The maximum atomic E-state index is 12.8. The smallest absolute Gasteiger partial charge is 0.265 e. The normalized spacial score (nSPS) is 11.7. The van der Waals surface area contributed by atoms with Gasteiger partial charge in [-0.05, 0) is 61.2 Å². The molecule has 3 nitrogen and oxygen atoms in total. The average molecular weight is 406 g/mol. The zero-order chi connectivity index (χ0) is 20.6. The monoisotopic (exact) mass is 405 g/mol. The topological polar surface area (TPSA) is 38.3 Å². The van der Waals surface area contributed by atoms with Gasteiger partial charge in [0, 0.05) is 16.3 Å². The molecule has 0 spiro atoms. The fourth-order valence-corrected chi connectivity index (χ4v) is 3.88. The van der Waals surface area contributed by atoms with Crippen molar-refractivity contribution in [3.05, 3.63) is 89.5 Å². The van der Waals surface area contributed by atoms with Crippen molar-refractivity contribution >= 4 is 23.4 Å². The number of benzene rings is 3. The van der Waals surface area contributed by atoms with E-state index in [1.54, 1.807) is 11.8 Å². The standard InChI is InChI=1S/C25H27NO2S/c1-4-23(28-24-13-9-8-10-18(24)2)25(27)26-22-15-14-20(16-19(22)3)17-29-21-11-6-5-7-12-21/h5-16,23H,4,17H2,1-3H3,(H,26,27)/t23-/m1/s1. The van der Waals surface area contributed by atoms with Crippen LogP contribution in [0.25, 0.3) is 0 Å². The van der Waals surface area contributed by atoms with E-state index in [0.29, 0.717) is 6.42 Å². The second kappa shape index (κ2) is 10.2. The number of para-hydroxylation sites is 1. The molecule has 4 heteroatoms. The minimum Gasteiger partial charge on any atom is -0.480 e. The van der Waals surface area contributed by atoms with Crippen molar-refractivity contribution in [1.29, 1.82) is 0 Å². The average Bonchev–Trinajstić information content (AvgIpc) is 2.74. The molecule has 0 heterocycles. The lowest BCUT2D eigenvalue weighted by Gasteiger charge is -2.19. The summed E-state index contributed by atoms with van der Waals surface area (Å²) in [7, 11) is 0. The van der Waals surface area contributed by atoms with Crippen LogP contribution >= 0.6 is 11.8 Å². The maximum absolute atomic E-state index is 12.8.